The molecule has 1 aliphatic rings. The highest BCUT2D eigenvalue weighted by Crippen LogP contribution is 2.39. The molecule has 0 N–H and O–H groups in total. The standard InChI is InChI=1S/C18H24N2O2/c1-13-10-15(17(22-3)16(11-13)21-2)18-19-8-9-20(18)12-14-6-4-5-7-14/h8-11,14H,4-7,12H2,1-3H3. The van der Waals surface area contributed by atoms with Gasteiger partial charge in [-0.05, 0) is 43.4 Å². The van der Waals surface area contributed by atoms with E-state index in [9.17, 15) is 0 Å². The van der Waals surface area contributed by atoms with E-state index in [2.05, 4.69) is 28.7 Å². The Morgan fingerprint density at radius 2 is 1.95 bits per heavy atom. The van der Waals surface area contributed by atoms with Gasteiger partial charge in [0, 0.05) is 18.9 Å². The Bertz CT molecular complexity index is 643. The molecule has 1 aliphatic carbocycles. The van der Waals surface area contributed by atoms with Crippen molar-refractivity contribution in [3.63, 3.8) is 0 Å². The lowest BCUT2D eigenvalue weighted by molar-refractivity contribution is 0.355. The van der Waals surface area contributed by atoms with E-state index in [0.717, 1.165) is 40.9 Å². The normalized spacial score (nSPS) is 15.2. The lowest BCUT2D eigenvalue weighted by Crippen LogP contribution is -2.08. The number of ether oxygens (including phenoxy) is 2. The third-order valence-electron chi connectivity index (χ3n) is 4.51. The maximum atomic E-state index is 5.59. The van der Waals surface area contributed by atoms with E-state index in [1.165, 1.54) is 25.7 Å². The molecule has 1 aromatic heterocycles. The predicted octanol–water partition coefficient (Wildman–Crippen LogP) is 4.07. The highest BCUT2D eigenvalue weighted by molar-refractivity contribution is 5.70. The Hall–Kier alpha value is -1.97. The second kappa shape index (κ2) is 6.42. The van der Waals surface area contributed by atoms with Crippen LogP contribution in [0.2, 0.25) is 0 Å². The SMILES string of the molecule is COc1cc(C)cc(-c2nccn2CC2CCCC2)c1OC. The lowest BCUT2D eigenvalue weighted by Gasteiger charge is -2.17. The van der Waals surface area contributed by atoms with E-state index in [-0.39, 0.29) is 0 Å². The smallest absolute Gasteiger partial charge is 0.171 e. The number of hydrogen-bond acceptors (Lipinski definition) is 3. The van der Waals surface area contributed by atoms with E-state index in [1.54, 1.807) is 14.2 Å². The Labute approximate surface area is 132 Å². The van der Waals surface area contributed by atoms with Crippen LogP contribution in [0, 0.1) is 12.8 Å². The molecule has 0 unspecified atom stereocenters. The average Bonchev–Trinajstić information content (AvgIpc) is 3.18. The summed E-state index contributed by atoms with van der Waals surface area (Å²) in [5, 5.41) is 0. The van der Waals surface area contributed by atoms with E-state index in [0.29, 0.717) is 0 Å². The van der Waals surface area contributed by atoms with Gasteiger partial charge in [0.1, 0.15) is 5.82 Å². The summed E-state index contributed by atoms with van der Waals surface area (Å²) in [6.07, 6.45) is 9.31. The molecule has 4 heteroatoms. The molecule has 0 spiro atoms. The first-order valence-corrected chi connectivity index (χ1v) is 7.97. The van der Waals surface area contributed by atoms with Crippen molar-refractivity contribution in [3.05, 3.63) is 30.1 Å². The fraction of sp³-hybridized carbons (Fsp3) is 0.500. The average molecular weight is 300 g/mol. The molecule has 0 saturated heterocycles. The van der Waals surface area contributed by atoms with Gasteiger partial charge in [-0.2, -0.15) is 0 Å². The molecule has 4 nitrogen and oxygen atoms in total. The van der Waals surface area contributed by atoms with E-state index in [1.807, 2.05) is 12.3 Å². The second-order valence-electron chi connectivity index (χ2n) is 6.10. The molecule has 0 bridgehead atoms. The number of aryl methyl sites for hydroxylation is 1. The van der Waals surface area contributed by atoms with Gasteiger partial charge in [-0.3, -0.25) is 0 Å². The Morgan fingerprint density at radius 3 is 2.64 bits per heavy atom. The monoisotopic (exact) mass is 300 g/mol. The van der Waals surface area contributed by atoms with Crippen LogP contribution in [0.4, 0.5) is 0 Å². The zero-order valence-corrected chi connectivity index (χ0v) is 13.6. The molecule has 22 heavy (non-hydrogen) atoms. The summed E-state index contributed by atoms with van der Waals surface area (Å²) in [7, 11) is 3.35. The van der Waals surface area contributed by atoms with E-state index in [4.69, 9.17) is 9.47 Å². The summed E-state index contributed by atoms with van der Waals surface area (Å²) < 4.78 is 13.3. The Morgan fingerprint density at radius 1 is 1.18 bits per heavy atom. The van der Waals surface area contributed by atoms with Crippen LogP contribution < -0.4 is 9.47 Å². The summed E-state index contributed by atoms with van der Waals surface area (Å²) in [5.41, 5.74) is 2.14. The minimum atomic E-state index is 0.756. The Balaban J connectivity index is 2.00. The van der Waals surface area contributed by atoms with Gasteiger partial charge in [0.05, 0.1) is 19.8 Å². The zero-order chi connectivity index (χ0) is 15.5. The summed E-state index contributed by atoms with van der Waals surface area (Å²) in [5.74, 6) is 3.25. The molecule has 1 heterocycles. The van der Waals surface area contributed by atoms with Crippen LogP contribution in [0.15, 0.2) is 24.5 Å². The highest BCUT2D eigenvalue weighted by Gasteiger charge is 2.20. The molecule has 3 rings (SSSR count). The minimum absolute atomic E-state index is 0.756. The number of benzene rings is 1. The molecule has 1 aromatic carbocycles. The lowest BCUT2D eigenvalue weighted by atomic mass is 10.1. The van der Waals surface area contributed by atoms with E-state index < -0.39 is 0 Å². The largest absolute Gasteiger partial charge is 0.493 e. The number of imidazole rings is 1. The summed E-state index contributed by atoms with van der Waals surface area (Å²) in [6.45, 7) is 3.10. The topological polar surface area (TPSA) is 36.3 Å². The molecular formula is C18H24N2O2. The van der Waals surface area contributed by atoms with Crippen LogP contribution in [0.3, 0.4) is 0 Å². The molecule has 0 amide bonds. The first-order valence-electron chi connectivity index (χ1n) is 7.97. The molecule has 118 valence electrons. The number of methoxy groups -OCH3 is 2. The van der Waals surface area contributed by atoms with Gasteiger partial charge >= 0.3 is 0 Å². The van der Waals surface area contributed by atoms with Crippen LogP contribution in [-0.2, 0) is 6.54 Å². The van der Waals surface area contributed by atoms with Crippen LogP contribution >= 0.6 is 0 Å². The fourth-order valence-corrected chi connectivity index (χ4v) is 3.44. The molecule has 2 aromatic rings. The third-order valence-corrected chi connectivity index (χ3v) is 4.51. The summed E-state index contributed by atoms with van der Waals surface area (Å²) in [4.78, 5) is 4.58. The Kier molecular flexibility index (Phi) is 4.36. The summed E-state index contributed by atoms with van der Waals surface area (Å²) in [6, 6.07) is 4.11. The molecule has 0 atom stereocenters. The van der Waals surface area contributed by atoms with Gasteiger partial charge in [0.2, 0.25) is 0 Å². The van der Waals surface area contributed by atoms with Gasteiger partial charge in [-0.1, -0.05) is 12.8 Å². The van der Waals surface area contributed by atoms with Gasteiger partial charge in [-0.15, -0.1) is 0 Å². The van der Waals surface area contributed by atoms with Gasteiger partial charge in [-0.25, -0.2) is 4.98 Å². The van der Waals surface area contributed by atoms with Gasteiger partial charge in [0.25, 0.3) is 0 Å². The van der Waals surface area contributed by atoms with Crippen molar-refractivity contribution in [2.75, 3.05) is 14.2 Å². The molecule has 0 radical (unpaired) electrons. The number of rotatable bonds is 5. The van der Waals surface area contributed by atoms with E-state index >= 15 is 0 Å². The van der Waals surface area contributed by atoms with Crippen molar-refractivity contribution in [3.8, 4) is 22.9 Å². The predicted molar refractivity (Wildman–Crippen MR) is 87.5 cm³/mol. The maximum Gasteiger partial charge on any atom is 0.171 e. The van der Waals surface area contributed by atoms with Crippen molar-refractivity contribution in [1.29, 1.82) is 0 Å². The van der Waals surface area contributed by atoms with Crippen molar-refractivity contribution >= 4 is 0 Å². The third kappa shape index (κ3) is 2.82. The quantitative estimate of drug-likeness (QED) is 0.835. The molecule has 1 fully saturated rings. The zero-order valence-electron chi connectivity index (χ0n) is 13.6. The number of aromatic nitrogens is 2. The molecule has 1 saturated carbocycles. The molecule has 0 aliphatic heterocycles. The van der Waals surface area contributed by atoms with Crippen molar-refractivity contribution in [2.24, 2.45) is 5.92 Å². The second-order valence-corrected chi connectivity index (χ2v) is 6.10. The maximum absolute atomic E-state index is 5.59. The fourth-order valence-electron chi connectivity index (χ4n) is 3.44. The first-order chi connectivity index (χ1) is 10.7. The van der Waals surface area contributed by atoms with Crippen LogP contribution in [-0.4, -0.2) is 23.8 Å². The van der Waals surface area contributed by atoms with Crippen LogP contribution in [0.5, 0.6) is 11.5 Å². The minimum Gasteiger partial charge on any atom is -0.493 e. The van der Waals surface area contributed by atoms with Gasteiger partial charge in [0.15, 0.2) is 11.5 Å². The molecular weight excluding hydrogens is 276 g/mol. The van der Waals surface area contributed by atoms with Crippen LogP contribution in [0.1, 0.15) is 31.2 Å². The number of nitrogens with zero attached hydrogens (tertiary/aromatic N) is 2. The van der Waals surface area contributed by atoms with Crippen molar-refractivity contribution in [2.45, 2.75) is 39.2 Å². The first kappa shape index (κ1) is 14.9. The van der Waals surface area contributed by atoms with Crippen molar-refractivity contribution < 1.29 is 9.47 Å². The van der Waals surface area contributed by atoms with Crippen molar-refractivity contribution in [1.82, 2.24) is 9.55 Å². The van der Waals surface area contributed by atoms with Gasteiger partial charge < -0.3 is 14.0 Å². The number of hydrogen-bond donors (Lipinski definition) is 0. The summed E-state index contributed by atoms with van der Waals surface area (Å²) >= 11 is 0. The highest BCUT2D eigenvalue weighted by atomic mass is 16.5. The van der Waals surface area contributed by atoms with Crippen LogP contribution in [0.25, 0.3) is 11.4 Å².